The highest BCUT2D eigenvalue weighted by Crippen LogP contribution is 2.17. The van der Waals surface area contributed by atoms with E-state index in [-0.39, 0.29) is 23.5 Å². The Kier molecular flexibility index (Phi) is 9.15. The average Bonchev–Trinajstić information content (AvgIpc) is 2.55. The molecule has 0 amide bonds. The average molecular weight is 331 g/mol. The second-order valence-corrected chi connectivity index (χ2v) is 6.41. The third kappa shape index (κ3) is 6.36. The predicted octanol–water partition coefficient (Wildman–Crippen LogP) is 1.52. The molecule has 0 aromatic carbocycles. The molecule has 7 heteroatoms. The standard InChI is InChI=1S/C15H25NO5S/c1-20-13(17)11-8-6-4-3-5-7-9-22-15(19)12(16-10-11)14(18)21-2/h11-12,16H,3-10H2,1-2H3/t11?,12-/m1/s1. The molecule has 6 nitrogen and oxygen atoms in total. The Morgan fingerprint density at radius 2 is 1.68 bits per heavy atom. The van der Waals surface area contributed by atoms with Crippen LogP contribution in [0, 0.1) is 5.92 Å². The lowest BCUT2D eigenvalue weighted by atomic mass is 10.00. The first-order valence-electron chi connectivity index (χ1n) is 7.65. The fourth-order valence-corrected chi connectivity index (χ4v) is 3.29. The maximum atomic E-state index is 12.1. The van der Waals surface area contributed by atoms with E-state index in [1.54, 1.807) is 0 Å². The lowest BCUT2D eigenvalue weighted by Crippen LogP contribution is -2.46. The van der Waals surface area contributed by atoms with E-state index >= 15 is 0 Å². The van der Waals surface area contributed by atoms with E-state index < -0.39 is 12.0 Å². The zero-order valence-electron chi connectivity index (χ0n) is 13.3. The molecule has 1 saturated heterocycles. The molecule has 0 spiro atoms. The monoisotopic (exact) mass is 331 g/mol. The summed E-state index contributed by atoms with van der Waals surface area (Å²) >= 11 is 1.15. The number of nitrogens with one attached hydrogen (secondary N) is 1. The molecule has 22 heavy (non-hydrogen) atoms. The maximum absolute atomic E-state index is 12.1. The minimum atomic E-state index is -1.03. The minimum absolute atomic E-state index is 0.235. The molecule has 1 N–H and O–H groups in total. The van der Waals surface area contributed by atoms with Crippen LogP contribution in [0.5, 0.6) is 0 Å². The zero-order chi connectivity index (χ0) is 16.4. The number of esters is 2. The van der Waals surface area contributed by atoms with Gasteiger partial charge in [0.2, 0.25) is 5.12 Å². The third-order valence-electron chi connectivity index (χ3n) is 3.72. The Balaban J connectivity index is 2.77. The Morgan fingerprint density at radius 3 is 2.36 bits per heavy atom. The third-order valence-corrected chi connectivity index (χ3v) is 4.73. The van der Waals surface area contributed by atoms with Crippen LogP contribution in [0.2, 0.25) is 0 Å². The van der Waals surface area contributed by atoms with Crippen molar-refractivity contribution in [3.63, 3.8) is 0 Å². The summed E-state index contributed by atoms with van der Waals surface area (Å²) in [6, 6.07) is -1.03. The van der Waals surface area contributed by atoms with Gasteiger partial charge in [0, 0.05) is 12.3 Å². The molecule has 0 aromatic heterocycles. The van der Waals surface area contributed by atoms with E-state index in [0.29, 0.717) is 12.2 Å². The molecule has 1 aliphatic heterocycles. The number of carbonyl (C=O) groups is 3. The van der Waals surface area contributed by atoms with Crippen LogP contribution in [0.1, 0.15) is 38.5 Å². The van der Waals surface area contributed by atoms with Crippen molar-refractivity contribution in [1.29, 1.82) is 0 Å². The van der Waals surface area contributed by atoms with Crippen LogP contribution in [0.4, 0.5) is 0 Å². The lowest BCUT2D eigenvalue weighted by molar-refractivity contribution is -0.148. The molecule has 1 fully saturated rings. The highest BCUT2D eigenvalue weighted by molar-refractivity contribution is 8.13. The first-order chi connectivity index (χ1) is 10.6. The summed E-state index contributed by atoms with van der Waals surface area (Å²) in [6.07, 6.45) is 5.79. The molecule has 1 aliphatic rings. The van der Waals surface area contributed by atoms with Gasteiger partial charge in [0.05, 0.1) is 20.1 Å². The Morgan fingerprint density at radius 1 is 1.05 bits per heavy atom. The van der Waals surface area contributed by atoms with Crippen molar-refractivity contribution in [3.05, 3.63) is 0 Å². The van der Waals surface area contributed by atoms with E-state index in [0.717, 1.165) is 43.9 Å². The van der Waals surface area contributed by atoms with Gasteiger partial charge in [-0.1, -0.05) is 37.4 Å². The number of ether oxygens (including phenoxy) is 2. The van der Waals surface area contributed by atoms with E-state index in [2.05, 4.69) is 10.1 Å². The summed E-state index contributed by atoms with van der Waals surface area (Å²) in [5.41, 5.74) is 0. The van der Waals surface area contributed by atoms with Crippen molar-refractivity contribution in [1.82, 2.24) is 5.32 Å². The Bertz CT molecular complexity index is 388. The molecule has 1 rings (SSSR count). The number of hydrogen-bond donors (Lipinski definition) is 1. The van der Waals surface area contributed by atoms with Crippen molar-refractivity contribution in [3.8, 4) is 0 Å². The molecule has 2 atom stereocenters. The van der Waals surface area contributed by atoms with Gasteiger partial charge in [0.15, 0.2) is 6.04 Å². The second kappa shape index (κ2) is 10.6. The molecule has 1 unspecified atom stereocenters. The van der Waals surface area contributed by atoms with Gasteiger partial charge < -0.3 is 9.47 Å². The number of carbonyl (C=O) groups excluding carboxylic acids is 3. The summed E-state index contributed by atoms with van der Waals surface area (Å²) in [6.45, 7) is 0.235. The van der Waals surface area contributed by atoms with E-state index in [4.69, 9.17) is 4.74 Å². The van der Waals surface area contributed by atoms with Gasteiger partial charge in [-0.05, 0) is 12.8 Å². The normalized spacial score (nSPS) is 25.3. The maximum Gasteiger partial charge on any atom is 0.331 e. The van der Waals surface area contributed by atoms with Gasteiger partial charge in [-0.15, -0.1) is 0 Å². The Labute approximate surface area is 135 Å². The van der Waals surface area contributed by atoms with Crippen molar-refractivity contribution in [2.75, 3.05) is 26.5 Å². The van der Waals surface area contributed by atoms with Crippen LogP contribution in [0.15, 0.2) is 0 Å². The molecule has 1 heterocycles. The summed E-state index contributed by atoms with van der Waals surface area (Å²) < 4.78 is 9.48. The minimum Gasteiger partial charge on any atom is -0.469 e. The smallest absolute Gasteiger partial charge is 0.331 e. The number of rotatable bonds is 2. The molecule has 126 valence electrons. The zero-order valence-corrected chi connectivity index (χ0v) is 14.1. The van der Waals surface area contributed by atoms with Gasteiger partial charge in [-0.2, -0.15) is 0 Å². The van der Waals surface area contributed by atoms with Gasteiger partial charge >= 0.3 is 11.9 Å². The number of hydrogen-bond acceptors (Lipinski definition) is 7. The summed E-state index contributed by atoms with van der Waals surface area (Å²) in [7, 11) is 2.60. The number of methoxy groups -OCH3 is 2. The highest BCUT2D eigenvalue weighted by Gasteiger charge is 2.29. The second-order valence-electron chi connectivity index (χ2n) is 5.31. The molecule has 0 radical (unpaired) electrons. The van der Waals surface area contributed by atoms with Gasteiger partial charge in [0.25, 0.3) is 0 Å². The molecular formula is C15H25NO5S. The topological polar surface area (TPSA) is 81.7 Å². The van der Waals surface area contributed by atoms with Crippen LogP contribution < -0.4 is 5.32 Å². The van der Waals surface area contributed by atoms with E-state index in [1.807, 2.05) is 0 Å². The fourth-order valence-electron chi connectivity index (χ4n) is 2.39. The van der Waals surface area contributed by atoms with Crippen molar-refractivity contribution >= 4 is 28.8 Å². The van der Waals surface area contributed by atoms with Crippen molar-refractivity contribution in [2.45, 2.75) is 44.6 Å². The van der Waals surface area contributed by atoms with E-state index in [1.165, 1.54) is 14.2 Å². The summed E-state index contributed by atoms with van der Waals surface area (Å²) in [5.74, 6) is -0.577. The van der Waals surface area contributed by atoms with Crippen LogP contribution in [-0.2, 0) is 23.9 Å². The highest BCUT2D eigenvalue weighted by atomic mass is 32.2. The van der Waals surface area contributed by atoms with Gasteiger partial charge in [-0.25, -0.2) is 4.79 Å². The van der Waals surface area contributed by atoms with Crippen molar-refractivity contribution < 1.29 is 23.9 Å². The lowest BCUT2D eigenvalue weighted by Gasteiger charge is -2.19. The van der Waals surface area contributed by atoms with Gasteiger partial charge in [-0.3, -0.25) is 14.9 Å². The number of thioether (sulfide) groups is 1. The summed E-state index contributed by atoms with van der Waals surface area (Å²) in [5, 5.41) is 2.62. The largest absolute Gasteiger partial charge is 0.469 e. The molecular weight excluding hydrogens is 306 g/mol. The predicted molar refractivity (Wildman–Crippen MR) is 84.5 cm³/mol. The summed E-state index contributed by atoms with van der Waals surface area (Å²) in [4.78, 5) is 35.7. The molecule has 0 saturated carbocycles. The Hall–Kier alpha value is -1.08. The van der Waals surface area contributed by atoms with E-state index in [9.17, 15) is 14.4 Å². The van der Waals surface area contributed by atoms with Crippen LogP contribution in [0.3, 0.4) is 0 Å². The van der Waals surface area contributed by atoms with Crippen LogP contribution in [0.25, 0.3) is 0 Å². The van der Waals surface area contributed by atoms with Crippen molar-refractivity contribution in [2.24, 2.45) is 5.92 Å². The molecule has 0 aromatic rings. The first-order valence-corrected chi connectivity index (χ1v) is 8.64. The first kappa shape index (κ1) is 19.0. The fraction of sp³-hybridized carbons (Fsp3) is 0.800. The molecule has 0 bridgehead atoms. The molecule has 0 aliphatic carbocycles. The van der Waals surface area contributed by atoms with Crippen LogP contribution in [-0.4, -0.2) is 49.6 Å². The van der Waals surface area contributed by atoms with Gasteiger partial charge in [0.1, 0.15) is 0 Å². The quantitative estimate of drug-likeness (QED) is 0.607. The van der Waals surface area contributed by atoms with Crippen LogP contribution >= 0.6 is 11.8 Å². The SMILES string of the molecule is COC(=O)C1CCCCCCCSC(=O)[C@@H](C(=O)OC)NC1.